The Balaban J connectivity index is 1.97. The van der Waals surface area contributed by atoms with Crippen LogP contribution in [0.15, 0.2) is 24.3 Å². The zero-order valence-corrected chi connectivity index (χ0v) is 13.4. The first-order chi connectivity index (χ1) is 10.3. The Labute approximate surface area is 129 Å². The lowest BCUT2D eigenvalue weighted by molar-refractivity contribution is 0.0996. The summed E-state index contributed by atoms with van der Waals surface area (Å²) in [5, 5.41) is 3.67. The van der Waals surface area contributed by atoms with E-state index >= 15 is 0 Å². The number of nitrogens with one attached hydrogen (secondary N) is 1. The number of benzene rings is 1. The second kappa shape index (κ2) is 9.06. The van der Waals surface area contributed by atoms with Crippen LogP contribution in [0.4, 0.5) is 0 Å². The second-order valence-electron chi connectivity index (χ2n) is 5.72. The Morgan fingerprint density at radius 1 is 1.38 bits per heavy atom. The van der Waals surface area contributed by atoms with Gasteiger partial charge in [0.15, 0.2) is 0 Å². The van der Waals surface area contributed by atoms with Crippen molar-refractivity contribution in [3.05, 3.63) is 29.8 Å². The fourth-order valence-electron chi connectivity index (χ4n) is 2.92. The van der Waals surface area contributed by atoms with Gasteiger partial charge in [-0.15, -0.1) is 0 Å². The van der Waals surface area contributed by atoms with Crippen LogP contribution in [-0.2, 0) is 4.74 Å². The van der Waals surface area contributed by atoms with Crippen molar-refractivity contribution >= 4 is 0 Å². The first kappa shape index (κ1) is 16.3. The summed E-state index contributed by atoms with van der Waals surface area (Å²) in [6, 6.07) is 8.89. The number of ether oxygens (including phenoxy) is 2. The monoisotopic (exact) mass is 291 g/mol. The van der Waals surface area contributed by atoms with Crippen molar-refractivity contribution in [2.45, 2.75) is 58.1 Å². The lowest BCUT2D eigenvalue weighted by Gasteiger charge is -2.21. The van der Waals surface area contributed by atoms with E-state index in [2.05, 4.69) is 30.4 Å². The highest BCUT2D eigenvalue weighted by Gasteiger charge is 2.18. The molecule has 1 aliphatic rings. The Morgan fingerprint density at radius 3 is 3.00 bits per heavy atom. The smallest absolute Gasteiger partial charge is 0.119 e. The van der Waals surface area contributed by atoms with Gasteiger partial charge in [-0.25, -0.2) is 0 Å². The van der Waals surface area contributed by atoms with Crippen LogP contribution in [0.25, 0.3) is 0 Å². The van der Waals surface area contributed by atoms with Crippen molar-refractivity contribution in [3.8, 4) is 5.75 Å². The molecule has 3 nitrogen and oxygen atoms in total. The molecule has 1 heterocycles. The van der Waals surface area contributed by atoms with Crippen molar-refractivity contribution in [3.63, 3.8) is 0 Å². The van der Waals surface area contributed by atoms with Crippen LogP contribution in [0.2, 0.25) is 0 Å². The maximum atomic E-state index is 5.75. The lowest BCUT2D eigenvalue weighted by Crippen LogP contribution is -2.23. The molecule has 21 heavy (non-hydrogen) atoms. The van der Waals surface area contributed by atoms with Crippen LogP contribution in [0.5, 0.6) is 5.75 Å². The summed E-state index contributed by atoms with van der Waals surface area (Å²) >= 11 is 0. The molecule has 2 atom stereocenters. The third-order valence-corrected chi connectivity index (χ3v) is 4.01. The maximum absolute atomic E-state index is 5.75. The van der Waals surface area contributed by atoms with E-state index in [4.69, 9.17) is 9.47 Å². The average molecular weight is 291 g/mol. The highest BCUT2D eigenvalue weighted by Crippen LogP contribution is 2.26. The molecule has 0 radical (unpaired) electrons. The van der Waals surface area contributed by atoms with E-state index in [1.807, 2.05) is 13.0 Å². The Bertz CT molecular complexity index is 402. The SMILES string of the molecule is CCCNC(CCC1CCCO1)c1cccc(OCC)c1. The van der Waals surface area contributed by atoms with Gasteiger partial charge in [-0.1, -0.05) is 19.1 Å². The predicted molar refractivity (Wildman–Crippen MR) is 86.9 cm³/mol. The molecule has 0 aliphatic carbocycles. The van der Waals surface area contributed by atoms with Crippen molar-refractivity contribution in [1.29, 1.82) is 0 Å². The van der Waals surface area contributed by atoms with E-state index in [0.717, 1.165) is 38.2 Å². The average Bonchev–Trinajstić information content (AvgIpc) is 3.01. The zero-order chi connectivity index (χ0) is 14.9. The van der Waals surface area contributed by atoms with Crippen LogP contribution in [-0.4, -0.2) is 25.9 Å². The molecule has 0 amide bonds. The molecule has 1 aromatic carbocycles. The number of rotatable bonds is 9. The number of hydrogen-bond donors (Lipinski definition) is 1. The van der Waals surface area contributed by atoms with Gasteiger partial charge in [-0.05, 0) is 63.3 Å². The minimum Gasteiger partial charge on any atom is -0.494 e. The highest BCUT2D eigenvalue weighted by atomic mass is 16.5. The zero-order valence-electron chi connectivity index (χ0n) is 13.4. The third-order valence-electron chi connectivity index (χ3n) is 4.01. The van der Waals surface area contributed by atoms with E-state index in [1.54, 1.807) is 0 Å². The third kappa shape index (κ3) is 5.33. The first-order valence-electron chi connectivity index (χ1n) is 8.41. The Hall–Kier alpha value is -1.06. The molecule has 118 valence electrons. The van der Waals surface area contributed by atoms with Crippen LogP contribution < -0.4 is 10.1 Å². The van der Waals surface area contributed by atoms with E-state index in [0.29, 0.717) is 18.8 Å². The molecule has 0 bridgehead atoms. The topological polar surface area (TPSA) is 30.5 Å². The van der Waals surface area contributed by atoms with Crippen molar-refractivity contribution in [1.82, 2.24) is 5.32 Å². The molecule has 0 aromatic heterocycles. The van der Waals surface area contributed by atoms with Gasteiger partial charge in [-0.2, -0.15) is 0 Å². The molecule has 3 heteroatoms. The number of hydrogen-bond acceptors (Lipinski definition) is 3. The van der Waals surface area contributed by atoms with Crippen molar-refractivity contribution in [2.24, 2.45) is 0 Å². The molecule has 2 unspecified atom stereocenters. The van der Waals surface area contributed by atoms with Gasteiger partial charge in [0.1, 0.15) is 5.75 Å². The summed E-state index contributed by atoms with van der Waals surface area (Å²) in [4.78, 5) is 0. The minimum absolute atomic E-state index is 0.398. The summed E-state index contributed by atoms with van der Waals surface area (Å²) < 4.78 is 11.4. The van der Waals surface area contributed by atoms with Gasteiger partial charge in [0.25, 0.3) is 0 Å². The van der Waals surface area contributed by atoms with Crippen LogP contribution in [0, 0.1) is 0 Å². The molecule has 1 N–H and O–H groups in total. The molecular weight excluding hydrogens is 262 g/mol. The maximum Gasteiger partial charge on any atom is 0.119 e. The summed E-state index contributed by atoms with van der Waals surface area (Å²) in [6.07, 6.45) is 6.32. The normalized spacial score (nSPS) is 19.6. The summed E-state index contributed by atoms with van der Waals surface area (Å²) in [5.74, 6) is 0.968. The molecule has 1 saturated heterocycles. The van der Waals surface area contributed by atoms with Gasteiger partial charge in [0.2, 0.25) is 0 Å². The first-order valence-corrected chi connectivity index (χ1v) is 8.41. The lowest BCUT2D eigenvalue weighted by atomic mass is 9.99. The van der Waals surface area contributed by atoms with Gasteiger partial charge >= 0.3 is 0 Å². The molecular formula is C18H29NO2. The largest absolute Gasteiger partial charge is 0.494 e. The molecule has 1 aliphatic heterocycles. The highest BCUT2D eigenvalue weighted by molar-refractivity contribution is 5.30. The van der Waals surface area contributed by atoms with Gasteiger partial charge in [-0.3, -0.25) is 0 Å². The van der Waals surface area contributed by atoms with Gasteiger partial charge in [0, 0.05) is 12.6 Å². The minimum atomic E-state index is 0.398. The summed E-state index contributed by atoms with van der Waals surface area (Å²) in [7, 11) is 0. The summed E-state index contributed by atoms with van der Waals surface area (Å²) in [6.45, 7) is 6.94. The van der Waals surface area contributed by atoms with Gasteiger partial charge < -0.3 is 14.8 Å². The van der Waals surface area contributed by atoms with E-state index in [9.17, 15) is 0 Å². The van der Waals surface area contributed by atoms with Crippen LogP contribution in [0.1, 0.15) is 57.6 Å². The van der Waals surface area contributed by atoms with E-state index in [-0.39, 0.29) is 0 Å². The quantitative estimate of drug-likeness (QED) is 0.743. The van der Waals surface area contributed by atoms with E-state index in [1.165, 1.54) is 18.4 Å². The van der Waals surface area contributed by atoms with Crippen LogP contribution >= 0.6 is 0 Å². The van der Waals surface area contributed by atoms with E-state index < -0.39 is 0 Å². The molecule has 0 spiro atoms. The Kier molecular flexibility index (Phi) is 7.04. The molecule has 1 aromatic rings. The van der Waals surface area contributed by atoms with Crippen LogP contribution in [0.3, 0.4) is 0 Å². The predicted octanol–water partition coefficient (Wildman–Crippen LogP) is 4.09. The molecule has 0 saturated carbocycles. The fourth-order valence-corrected chi connectivity index (χ4v) is 2.92. The standard InChI is InChI=1S/C18H29NO2/c1-3-12-19-18(11-10-16-9-6-13-21-16)15-7-5-8-17(14-15)20-4-2/h5,7-8,14,16,18-19H,3-4,6,9-13H2,1-2H3. The Morgan fingerprint density at radius 2 is 2.29 bits per heavy atom. The molecule has 2 rings (SSSR count). The van der Waals surface area contributed by atoms with Crippen molar-refractivity contribution in [2.75, 3.05) is 19.8 Å². The second-order valence-corrected chi connectivity index (χ2v) is 5.72. The fraction of sp³-hybridized carbons (Fsp3) is 0.667. The van der Waals surface area contributed by atoms with Gasteiger partial charge in [0.05, 0.1) is 12.7 Å². The van der Waals surface area contributed by atoms with Crippen molar-refractivity contribution < 1.29 is 9.47 Å². The summed E-state index contributed by atoms with van der Waals surface area (Å²) in [5.41, 5.74) is 1.33. The molecule has 1 fully saturated rings.